The highest BCUT2D eigenvalue weighted by Gasteiger charge is 2.35. The van der Waals surface area contributed by atoms with Crippen LogP contribution in [0, 0.1) is 0 Å². The second-order valence-corrected chi connectivity index (χ2v) is 5.94. The summed E-state index contributed by atoms with van der Waals surface area (Å²) in [6.45, 7) is 3.16. The number of likely N-dealkylation sites (tertiary alicyclic amines) is 1. The molecular formula is C12H19N5OS. The first-order chi connectivity index (χ1) is 9.34. The predicted octanol–water partition coefficient (Wildman–Crippen LogP) is 0.693. The first kappa shape index (κ1) is 13.0. The Hall–Kier alpha value is -1.05. The van der Waals surface area contributed by atoms with Crippen molar-refractivity contribution in [3.8, 4) is 0 Å². The number of carbonyl (C=O) groups is 1. The molecule has 104 valence electrons. The summed E-state index contributed by atoms with van der Waals surface area (Å²) in [6, 6.07) is 0.556. The van der Waals surface area contributed by atoms with E-state index >= 15 is 0 Å². The quantitative estimate of drug-likeness (QED) is 0.853. The molecule has 2 saturated heterocycles. The molecule has 0 radical (unpaired) electrons. The van der Waals surface area contributed by atoms with E-state index in [-0.39, 0.29) is 11.9 Å². The fraction of sp³-hybridized carbons (Fsp3) is 0.750. The molecule has 2 N–H and O–H groups in total. The third-order valence-electron chi connectivity index (χ3n) is 3.96. The van der Waals surface area contributed by atoms with Gasteiger partial charge in [-0.3, -0.25) is 15.0 Å². The van der Waals surface area contributed by atoms with E-state index in [0.717, 1.165) is 45.3 Å². The maximum Gasteiger partial charge on any atom is 0.243 e. The number of rotatable bonds is 3. The number of nitrogens with one attached hydrogen (secondary N) is 2. The van der Waals surface area contributed by atoms with Gasteiger partial charge in [0.2, 0.25) is 11.0 Å². The van der Waals surface area contributed by atoms with Gasteiger partial charge >= 0.3 is 0 Å². The van der Waals surface area contributed by atoms with Crippen molar-refractivity contribution < 1.29 is 4.79 Å². The van der Waals surface area contributed by atoms with Gasteiger partial charge in [0.15, 0.2) is 0 Å². The van der Waals surface area contributed by atoms with Crippen LogP contribution in [-0.4, -0.2) is 52.7 Å². The topological polar surface area (TPSA) is 70.2 Å². The van der Waals surface area contributed by atoms with E-state index < -0.39 is 0 Å². The van der Waals surface area contributed by atoms with Crippen molar-refractivity contribution in [2.45, 2.75) is 37.8 Å². The molecule has 0 spiro atoms. The van der Waals surface area contributed by atoms with Crippen LogP contribution in [0.15, 0.2) is 5.51 Å². The summed E-state index contributed by atoms with van der Waals surface area (Å²) < 4.78 is 0. The van der Waals surface area contributed by atoms with E-state index in [9.17, 15) is 4.79 Å². The summed E-state index contributed by atoms with van der Waals surface area (Å²) in [5.74, 6) is 0.0767. The molecule has 6 nitrogen and oxygen atoms in total. The van der Waals surface area contributed by atoms with E-state index in [4.69, 9.17) is 0 Å². The Kier molecular flexibility index (Phi) is 4.05. The number of hydrogen-bond donors (Lipinski definition) is 2. The smallest absolute Gasteiger partial charge is 0.243 e. The van der Waals surface area contributed by atoms with Crippen molar-refractivity contribution in [2.24, 2.45) is 0 Å². The van der Waals surface area contributed by atoms with Gasteiger partial charge in [-0.25, -0.2) is 0 Å². The lowest BCUT2D eigenvalue weighted by Gasteiger charge is -2.34. The van der Waals surface area contributed by atoms with Crippen molar-refractivity contribution in [3.63, 3.8) is 0 Å². The number of hydrogen-bond acceptors (Lipinski definition) is 6. The van der Waals surface area contributed by atoms with E-state index in [1.165, 1.54) is 11.3 Å². The third kappa shape index (κ3) is 2.93. The van der Waals surface area contributed by atoms with Crippen LogP contribution in [0.3, 0.4) is 0 Å². The van der Waals surface area contributed by atoms with Crippen molar-refractivity contribution in [2.75, 3.05) is 25.0 Å². The number of amides is 1. The Balaban J connectivity index is 1.63. The molecule has 0 saturated carbocycles. The maximum absolute atomic E-state index is 12.3. The van der Waals surface area contributed by atoms with Gasteiger partial charge in [-0.2, -0.15) is 0 Å². The molecule has 19 heavy (non-hydrogen) atoms. The minimum absolute atomic E-state index is 0.00648. The summed E-state index contributed by atoms with van der Waals surface area (Å²) in [5, 5.41) is 14.5. The van der Waals surface area contributed by atoms with Gasteiger partial charge in [-0.15, -0.1) is 10.2 Å². The summed E-state index contributed by atoms with van der Waals surface area (Å²) in [4.78, 5) is 14.7. The number of carbonyl (C=O) groups excluding carboxylic acids is 1. The number of anilines is 1. The van der Waals surface area contributed by atoms with Crippen molar-refractivity contribution in [3.05, 3.63) is 5.51 Å². The lowest BCUT2D eigenvalue weighted by molar-refractivity contribution is -0.121. The average Bonchev–Trinajstić information content (AvgIpc) is 3.10. The van der Waals surface area contributed by atoms with Crippen LogP contribution in [0.4, 0.5) is 5.13 Å². The molecule has 3 rings (SSSR count). The highest BCUT2D eigenvalue weighted by atomic mass is 32.1. The summed E-state index contributed by atoms with van der Waals surface area (Å²) >= 11 is 1.36. The lowest BCUT2D eigenvalue weighted by Crippen LogP contribution is -2.49. The van der Waals surface area contributed by atoms with Gasteiger partial charge in [0.1, 0.15) is 5.51 Å². The van der Waals surface area contributed by atoms with Gasteiger partial charge < -0.3 is 5.32 Å². The molecule has 1 amide bonds. The van der Waals surface area contributed by atoms with Crippen LogP contribution in [0.5, 0.6) is 0 Å². The molecule has 1 aromatic heterocycles. The zero-order valence-electron chi connectivity index (χ0n) is 10.8. The van der Waals surface area contributed by atoms with Crippen molar-refractivity contribution >= 4 is 22.4 Å². The Labute approximate surface area is 116 Å². The maximum atomic E-state index is 12.3. The van der Waals surface area contributed by atoms with Gasteiger partial charge in [0.25, 0.3) is 0 Å². The summed E-state index contributed by atoms with van der Waals surface area (Å²) in [6.07, 6.45) is 4.35. The van der Waals surface area contributed by atoms with Crippen LogP contribution in [0.25, 0.3) is 0 Å². The Bertz CT molecular complexity index is 418. The number of piperidine rings is 1. The van der Waals surface area contributed by atoms with Crippen LogP contribution in [-0.2, 0) is 4.79 Å². The van der Waals surface area contributed by atoms with Gasteiger partial charge in [0.05, 0.1) is 6.04 Å². The molecule has 1 aromatic rings. The molecule has 2 aliphatic rings. The molecule has 3 heterocycles. The Morgan fingerprint density at radius 3 is 3.00 bits per heavy atom. The average molecular weight is 281 g/mol. The Morgan fingerprint density at radius 2 is 2.26 bits per heavy atom. The predicted molar refractivity (Wildman–Crippen MR) is 74.2 cm³/mol. The van der Waals surface area contributed by atoms with E-state index in [0.29, 0.717) is 11.2 Å². The fourth-order valence-corrected chi connectivity index (χ4v) is 3.51. The Morgan fingerprint density at radius 1 is 1.42 bits per heavy atom. The van der Waals surface area contributed by atoms with Crippen LogP contribution >= 0.6 is 11.3 Å². The first-order valence-electron chi connectivity index (χ1n) is 6.88. The summed E-state index contributed by atoms with van der Waals surface area (Å²) in [7, 11) is 0. The molecule has 7 heteroatoms. The first-order valence-corrected chi connectivity index (χ1v) is 7.76. The van der Waals surface area contributed by atoms with Gasteiger partial charge in [-0.05, 0) is 45.3 Å². The normalized spacial score (nSPS) is 25.6. The number of nitrogens with zero attached hydrogens (tertiary/aromatic N) is 3. The second kappa shape index (κ2) is 5.94. The van der Waals surface area contributed by atoms with E-state index in [2.05, 4.69) is 25.7 Å². The highest BCUT2D eigenvalue weighted by Crippen LogP contribution is 2.25. The monoisotopic (exact) mass is 281 g/mol. The zero-order chi connectivity index (χ0) is 13.1. The third-order valence-corrected chi connectivity index (χ3v) is 4.57. The fourth-order valence-electron chi connectivity index (χ4n) is 3.06. The lowest BCUT2D eigenvalue weighted by atomic mass is 10.0. The highest BCUT2D eigenvalue weighted by molar-refractivity contribution is 7.13. The van der Waals surface area contributed by atoms with Gasteiger partial charge in [-0.1, -0.05) is 11.3 Å². The molecule has 0 aliphatic carbocycles. The zero-order valence-corrected chi connectivity index (χ0v) is 11.7. The van der Waals surface area contributed by atoms with Crippen molar-refractivity contribution in [1.29, 1.82) is 0 Å². The van der Waals surface area contributed by atoms with E-state index in [1.54, 1.807) is 5.51 Å². The molecule has 1 atom stereocenters. The SMILES string of the molecule is O=C(Nc1nncs1)C1CCCN1C1CCNCC1. The molecule has 1 unspecified atom stereocenters. The van der Waals surface area contributed by atoms with Crippen LogP contribution in [0.2, 0.25) is 0 Å². The largest absolute Gasteiger partial charge is 0.317 e. The molecule has 2 aliphatic heterocycles. The van der Waals surface area contributed by atoms with Crippen LogP contribution < -0.4 is 10.6 Å². The summed E-state index contributed by atoms with van der Waals surface area (Å²) in [5.41, 5.74) is 1.63. The second-order valence-electron chi connectivity index (χ2n) is 5.11. The molecule has 0 bridgehead atoms. The number of aromatic nitrogens is 2. The minimum Gasteiger partial charge on any atom is -0.317 e. The standard InChI is InChI=1S/C12H19N5OS/c18-11(15-12-16-14-8-19-12)10-2-1-7-17(10)9-3-5-13-6-4-9/h8-10,13H,1-7H2,(H,15,16,18). The molecular weight excluding hydrogens is 262 g/mol. The molecule has 2 fully saturated rings. The molecule has 0 aromatic carbocycles. The van der Waals surface area contributed by atoms with Crippen molar-refractivity contribution in [1.82, 2.24) is 20.4 Å². The van der Waals surface area contributed by atoms with Crippen LogP contribution in [0.1, 0.15) is 25.7 Å². The van der Waals surface area contributed by atoms with Gasteiger partial charge in [0, 0.05) is 6.04 Å². The van der Waals surface area contributed by atoms with E-state index in [1.807, 2.05) is 0 Å². The minimum atomic E-state index is 0.00648.